The Morgan fingerprint density at radius 1 is 0.804 bits per heavy atom. The van der Waals surface area contributed by atoms with Crippen molar-refractivity contribution in [1.29, 1.82) is 0 Å². The molecular weight excluding hydrogens is 670 g/mol. The molecule has 0 aromatic heterocycles. The first kappa shape index (κ1) is 34.5. The molecule has 46 heavy (non-hydrogen) atoms. The van der Waals surface area contributed by atoms with E-state index in [9.17, 15) is 18.0 Å². The summed E-state index contributed by atoms with van der Waals surface area (Å²) in [6.45, 7) is 3.22. The first-order chi connectivity index (χ1) is 22.0. The number of para-hydroxylation sites is 1. The van der Waals surface area contributed by atoms with Gasteiger partial charge in [0.25, 0.3) is 10.0 Å². The number of anilines is 1. The van der Waals surface area contributed by atoms with Gasteiger partial charge in [-0.15, -0.1) is 0 Å². The molecule has 0 heterocycles. The molecule has 0 fully saturated rings. The first-order valence-corrected chi connectivity index (χ1v) is 16.9. The topological polar surface area (TPSA) is 105 Å². The number of carbonyl (C=O) groups excluding carboxylic acids is 2. The van der Waals surface area contributed by atoms with Gasteiger partial charge >= 0.3 is 0 Å². The van der Waals surface area contributed by atoms with Crippen LogP contribution in [0, 0.1) is 0 Å². The summed E-state index contributed by atoms with van der Waals surface area (Å²) in [5.74, 6) is -0.286. The predicted molar refractivity (Wildman–Crippen MR) is 182 cm³/mol. The highest BCUT2D eigenvalue weighted by molar-refractivity contribution is 9.10. The number of benzene rings is 4. The summed E-state index contributed by atoms with van der Waals surface area (Å²) >= 11 is 3.45. The number of sulfonamides is 1. The molecule has 0 saturated carbocycles. The average Bonchev–Trinajstić information content (AvgIpc) is 3.06. The quantitative estimate of drug-likeness (QED) is 0.177. The highest BCUT2D eigenvalue weighted by Gasteiger charge is 2.35. The van der Waals surface area contributed by atoms with Crippen molar-refractivity contribution in [3.63, 3.8) is 0 Å². The van der Waals surface area contributed by atoms with Crippen LogP contribution in [0.4, 0.5) is 5.69 Å². The number of nitrogens with one attached hydrogen (secondary N) is 1. The third-order valence-electron chi connectivity index (χ3n) is 7.23. The van der Waals surface area contributed by atoms with Crippen molar-refractivity contribution in [2.45, 2.75) is 43.8 Å². The molecule has 0 aliphatic rings. The molecule has 1 atom stereocenters. The summed E-state index contributed by atoms with van der Waals surface area (Å²) < 4.78 is 41.1. The van der Waals surface area contributed by atoms with Gasteiger partial charge in [0, 0.05) is 29.5 Å². The Kier molecular flexibility index (Phi) is 11.8. The molecule has 0 aliphatic heterocycles. The molecule has 0 bridgehead atoms. The second kappa shape index (κ2) is 15.8. The summed E-state index contributed by atoms with van der Waals surface area (Å²) in [4.78, 5) is 29.7. The maximum Gasteiger partial charge on any atom is 0.264 e. The Balaban J connectivity index is 1.80. The van der Waals surface area contributed by atoms with Gasteiger partial charge < -0.3 is 19.7 Å². The molecule has 0 spiro atoms. The van der Waals surface area contributed by atoms with Crippen LogP contribution in [0.15, 0.2) is 112 Å². The van der Waals surface area contributed by atoms with Crippen molar-refractivity contribution in [3.05, 3.63) is 119 Å². The minimum atomic E-state index is -4.30. The molecule has 1 N–H and O–H groups in total. The summed E-state index contributed by atoms with van der Waals surface area (Å²) in [5.41, 5.74) is 1.93. The third kappa shape index (κ3) is 8.67. The fourth-order valence-corrected chi connectivity index (χ4v) is 6.64. The molecule has 11 heteroatoms. The lowest BCUT2D eigenvalue weighted by Gasteiger charge is -2.34. The molecular formula is C35H38BrN3O6S. The van der Waals surface area contributed by atoms with E-state index >= 15 is 0 Å². The van der Waals surface area contributed by atoms with Gasteiger partial charge in [0.2, 0.25) is 11.8 Å². The smallest absolute Gasteiger partial charge is 0.264 e. The molecule has 4 rings (SSSR count). The number of methoxy groups -OCH3 is 2. The Morgan fingerprint density at radius 3 is 2.00 bits per heavy atom. The Bertz CT molecular complexity index is 1720. The second-order valence-electron chi connectivity index (χ2n) is 10.9. The summed E-state index contributed by atoms with van der Waals surface area (Å²) in [7, 11) is -1.42. The van der Waals surface area contributed by atoms with Crippen LogP contribution in [-0.4, -0.2) is 58.0 Å². The SMILES string of the molecule is COc1ccc(S(=O)(=O)N(CC(=O)N(Cc2ccc(Br)cc2)C(Cc2ccccc2)C(=O)NC(C)C)c2ccccc2)cc1OC. The molecule has 0 aliphatic carbocycles. The maximum absolute atomic E-state index is 14.5. The molecule has 0 radical (unpaired) electrons. The van der Waals surface area contributed by atoms with E-state index in [1.54, 1.807) is 30.3 Å². The van der Waals surface area contributed by atoms with E-state index in [0.29, 0.717) is 11.4 Å². The minimum absolute atomic E-state index is 0.0775. The van der Waals surface area contributed by atoms with E-state index in [0.717, 1.165) is 19.9 Å². The highest BCUT2D eigenvalue weighted by atomic mass is 79.9. The fraction of sp³-hybridized carbons (Fsp3) is 0.257. The zero-order valence-electron chi connectivity index (χ0n) is 26.2. The average molecular weight is 709 g/mol. The van der Waals surface area contributed by atoms with Crippen molar-refractivity contribution in [3.8, 4) is 11.5 Å². The number of ether oxygens (including phenoxy) is 2. The van der Waals surface area contributed by atoms with Crippen molar-refractivity contribution in [2.75, 3.05) is 25.1 Å². The van der Waals surface area contributed by atoms with E-state index in [4.69, 9.17) is 9.47 Å². The van der Waals surface area contributed by atoms with Gasteiger partial charge in [-0.3, -0.25) is 13.9 Å². The van der Waals surface area contributed by atoms with Crippen LogP contribution < -0.4 is 19.1 Å². The van der Waals surface area contributed by atoms with E-state index < -0.39 is 28.5 Å². The molecule has 1 unspecified atom stereocenters. The van der Waals surface area contributed by atoms with E-state index in [1.165, 1.54) is 37.3 Å². The highest BCUT2D eigenvalue weighted by Crippen LogP contribution is 2.32. The fourth-order valence-electron chi connectivity index (χ4n) is 4.95. The summed E-state index contributed by atoms with van der Waals surface area (Å²) in [5, 5.41) is 2.96. The Labute approximate surface area is 279 Å². The summed E-state index contributed by atoms with van der Waals surface area (Å²) in [6, 6.07) is 28.4. The van der Waals surface area contributed by atoms with Crippen molar-refractivity contribution < 1.29 is 27.5 Å². The maximum atomic E-state index is 14.5. The molecule has 4 aromatic rings. The van der Waals surface area contributed by atoms with Crippen LogP contribution in [0.1, 0.15) is 25.0 Å². The zero-order valence-corrected chi connectivity index (χ0v) is 28.6. The van der Waals surface area contributed by atoms with Gasteiger partial charge in [0.1, 0.15) is 12.6 Å². The molecule has 0 saturated heterocycles. The predicted octanol–water partition coefficient (Wildman–Crippen LogP) is 5.83. The molecule has 2 amide bonds. The molecule has 9 nitrogen and oxygen atoms in total. The lowest BCUT2D eigenvalue weighted by molar-refractivity contribution is -0.140. The van der Waals surface area contributed by atoms with Crippen LogP contribution in [0.5, 0.6) is 11.5 Å². The Hall–Kier alpha value is -4.35. The number of rotatable bonds is 14. The van der Waals surface area contributed by atoms with Gasteiger partial charge in [-0.25, -0.2) is 8.42 Å². The van der Waals surface area contributed by atoms with Crippen LogP contribution in [0.2, 0.25) is 0 Å². The lowest BCUT2D eigenvalue weighted by atomic mass is 10.0. The standard InChI is InChI=1S/C35H38BrN3O6S/c1-25(2)37-35(41)31(21-26-11-7-5-8-12-26)38(23-27-15-17-28(36)18-16-27)34(40)24-39(29-13-9-6-10-14-29)46(42,43)30-19-20-32(44-3)33(22-30)45-4/h5-20,22,25,31H,21,23-24H2,1-4H3,(H,37,41). The van der Waals surface area contributed by atoms with Gasteiger partial charge in [0.05, 0.1) is 24.8 Å². The zero-order chi connectivity index (χ0) is 33.3. The van der Waals surface area contributed by atoms with Gasteiger partial charge in [0.15, 0.2) is 11.5 Å². The second-order valence-corrected chi connectivity index (χ2v) is 13.7. The number of hydrogen-bond donors (Lipinski definition) is 1. The normalized spacial score (nSPS) is 11.9. The minimum Gasteiger partial charge on any atom is -0.493 e. The van der Waals surface area contributed by atoms with E-state index in [1.807, 2.05) is 68.4 Å². The largest absolute Gasteiger partial charge is 0.493 e. The Morgan fingerprint density at radius 2 is 1.41 bits per heavy atom. The molecule has 242 valence electrons. The molecule has 4 aromatic carbocycles. The van der Waals surface area contributed by atoms with Crippen molar-refractivity contribution in [2.24, 2.45) is 0 Å². The number of carbonyl (C=O) groups is 2. The first-order valence-electron chi connectivity index (χ1n) is 14.7. The summed E-state index contributed by atoms with van der Waals surface area (Å²) in [6.07, 6.45) is 0.232. The van der Waals surface area contributed by atoms with Gasteiger partial charge in [-0.2, -0.15) is 0 Å². The monoisotopic (exact) mass is 707 g/mol. The van der Waals surface area contributed by atoms with Gasteiger partial charge in [-0.05, 0) is 61.4 Å². The lowest BCUT2D eigenvalue weighted by Crippen LogP contribution is -2.54. The van der Waals surface area contributed by atoms with Crippen LogP contribution in [-0.2, 0) is 32.6 Å². The third-order valence-corrected chi connectivity index (χ3v) is 9.53. The number of nitrogens with zero attached hydrogens (tertiary/aromatic N) is 2. The number of amides is 2. The van der Waals surface area contributed by atoms with E-state index in [2.05, 4.69) is 21.2 Å². The van der Waals surface area contributed by atoms with Gasteiger partial charge in [-0.1, -0.05) is 76.6 Å². The number of halogens is 1. The van der Waals surface area contributed by atoms with Crippen molar-refractivity contribution in [1.82, 2.24) is 10.2 Å². The van der Waals surface area contributed by atoms with Crippen molar-refractivity contribution >= 4 is 43.5 Å². The number of hydrogen-bond acceptors (Lipinski definition) is 6. The van der Waals surface area contributed by atoms with E-state index in [-0.39, 0.29) is 35.6 Å². The van der Waals surface area contributed by atoms with Crippen LogP contribution in [0.25, 0.3) is 0 Å². The van der Waals surface area contributed by atoms with Crippen LogP contribution >= 0.6 is 15.9 Å². The van der Waals surface area contributed by atoms with Crippen LogP contribution in [0.3, 0.4) is 0 Å².